The van der Waals surface area contributed by atoms with Crippen LogP contribution in [-0.4, -0.2) is 127 Å². The van der Waals surface area contributed by atoms with Crippen molar-refractivity contribution in [3.63, 3.8) is 0 Å². The molecular weight excluding hydrogens is 825 g/mol. The molecule has 2 saturated heterocycles. The third-order valence-corrected chi connectivity index (χ3v) is 11.0. The van der Waals surface area contributed by atoms with Gasteiger partial charge in [-0.05, 0) is 100 Å². The van der Waals surface area contributed by atoms with E-state index in [1.807, 2.05) is 68.4 Å². The van der Waals surface area contributed by atoms with E-state index in [1.165, 1.54) is 18.2 Å². The third-order valence-electron chi connectivity index (χ3n) is 11.0. The number of nitrogens with zero attached hydrogens (tertiary/aromatic N) is 8. The molecule has 2 aliphatic rings. The molecule has 15 heteroatoms. The lowest BCUT2D eigenvalue weighted by atomic mass is 10.1. The summed E-state index contributed by atoms with van der Waals surface area (Å²) in [6.07, 6.45) is 5.37. The fourth-order valence-electron chi connectivity index (χ4n) is 7.59. The van der Waals surface area contributed by atoms with E-state index in [4.69, 9.17) is 24.7 Å². The molecule has 336 valence electrons. The van der Waals surface area contributed by atoms with Gasteiger partial charge in [0.1, 0.15) is 23.1 Å². The number of fused-ring (bicyclic) bond motifs is 2. The van der Waals surface area contributed by atoms with E-state index in [-0.39, 0.29) is 29.9 Å². The SMILES string of the molecule is CCOC(=O)/C=C\C(=O)N1CCN(c2nc(-c3ccccc3O)nc3cc(C)ccc23)CC1.Cc1ccc2c(N3CCN(C(=O)/C=C/C(C)(C)O)CC3)nc(-c3ccccc3O)nc2c1. The molecule has 6 aromatic rings. The van der Waals surface area contributed by atoms with Crippen molar-refractivity contribution in [2.75, 3.05) is 68.8 Å². The Morgan fingerprint density at radius 1 is 0.615 bits per heavy atom. The van der Waals surface area contributed by atoms with Crippen LogP contribution in [0, 0.1) is 13.8 Å². The van der Waals surface area contributed by atoms with Gasteiger partial charge in [-0.25, -0.2) is 24.7 Å². The Hall–Kier alpha value is -7.39. The number of para-hydroxylation sites is 2. The number of benzene rings is 4. The predicted octanol–water partition coefficient (Wildman–Crippen LogP) is 6.37. The molecule has 0 bridgehead atoms. The normalized spacial score (nSPS) is 14.6. The Kier molecular flexibility index (Phi) is 14.0. The van der Waals surface area contributed by atoms with Crippen LogP contribution in [0.5, 0.6) is 11.5 Å². The van der Waals surface area contributed by atoms with E-state index in [1.54, 1.807) is 60.9 Å². The van der Waals surface area contributed by atoms with Crippen LogP contribution in [0.1, 0.15) is 31.9 Å². The molecule has 2 amide bonds. The molecule has 65 heavy (non-hydrogen) atoms. The van der Waals surface area contributed by atoms with Crippen LogP contribution in [0.15, 0.2) is 109 Å². The number of aromatic hydroxyl groups is 2. The fourth-order valence-corrected chi connectivity index (χ4v) is 7.59. The van der Waals surface area contributed by atoms with Crippen LogP contribution in [-0.2, 0) is 19.1 Å². The number of piperazine rings is 2. The van der Waals surface area contributed by atoms with Crippen molar-refractivity contribution in [2.24, 2.45) is 0 Å². The summed E-state index contributed by atoms with van der Waals surface area (Å²) in [6, 6.07) is 26.2. The van der Waals surface area contributed by atoms with Crippen molar-refractivity contribution in [3.8, 4) is 34.3 Å². The molecule has 0 spiro atoms. The van der Waals surface area contributed by atoms with Gasteiger partial charge in [-0.2, -0.15) is 0 Å². The topological polar surface area (TPSA) is 186 Å². The summed E-state index contributed by atoms with van der Waals surface area (Å²) < 4.78 is 4.82. The van der Waals surface area contributed by atoms with E-state index in [0.29, 0.717) is 75.1 Å². The van der Waals surface area contributed by atoms with Gasteiger partial charge >= 0.3 is 5.97 Å². The number of carbonyl (C=O) groups is 3. The molecule has 0 unspecified atom stereocenters. The van der Waals surface area contributed by atoms with Gasteiger partial charge in [0.15, 0.2) is 11.6 Å². The molecule has 8 rings (SSSR count). The van der Waals surface area contributed by atoms with Crippen LogP contribution < -0.4 is 9.80 Å². The number of anilines is 2. The number of esters is 1. The minimum atomic E-state index is -1.02. The maximum absolute atomic E-state index is 12.5. The first-order chi connectivity index (χ1) is 31.2. The molecule has 0 saturated carbocycles. The van der Waals surface area contributed by atoms with Gasteiger partial charge in [0, 0.05) is 81.4 Å². The molecule has 4 aromatic carbocycles. The number of aliphatic hydroxyl groups is 1. The van der Waals surface area contributed by atoms with Gasteiger partial charge in [-0.1, -0.05) is 36.4 Å². The smallest absolute Gasteiger partial charge is 0.330 e. The van der Waals surface area contributed by atoms with E-state index in [2.05, 4.69) is 9.80 Å². The Bertz CT molecular complexity index is 2770. The third kappa shape index (κ3) is 11.2. The number of phenols is 2. The Labute approximate surface area is 378 Å². The Morgan fingerprint density at radius 2 is 1.05 bits per heavy atom. The molecule has 2 aromatic heterocycles. The van der Waals surface area contributed by atoms with Crippen molar-refractivity contribution in [1.82, 2.24) is 29.7 Å². The lowest BCUT2D eigenvalue weighted by Crippen LogP contribution is -2.48. The maximum atomic E-state index is 12.5. The molecule has 0 aliphatic carbocycles. The van der Waals surface area contributed by atoms with Crippen LogP contribution >= 0.6 is 0 Å². The van der Waals surface area contributed by atoms with Crippen LogP contribution in [0.4, 0.5) is 11.6 Å². The fraction of sp³-hybridized carbons (Fsp3) is 0.300. The number of hydrogen-bond donors (Lipinski definition) is 3. The number of rotatable bonds is 9. The summed E-state index contributed by atoms with van der Waals surface area (Å²) in [6.45, 7) is 13.8. The Morgan fingerprint density at radius 3 is 1.46 bits per heavy atom. The molecular formula is C50H54N8O7. The second-order valence-electron chi connectivity index (χ2n) is 16.5. The molecule has 4 heterocycles. The number of hydrogen-bond acceptors (Lipinski definition) is 13. The molecule has 0 radical (unpaired) electrons. The average Bonchev–Trinajstić information content (AvgIpc) is 3.29. The van der Waals surface area contributed by atoms with E-state index >= 15 is 0 Å². The molecule has 15 nitrogen and oxygen atoms in total. The standard InChI is InChI=1S/C25H26N4O4.C25H28N4O3/c1-3-33-23(32)11-10-22(31)28-12-14-29(15-13-28)25-18-9-8-17(2)16-20(18)26-24(27-25)19-6-4-5-7-21(19)30;1-17-8-9-18-20(16-17)26-23(19-6-4-5-7-21(19)30)27-24(18)29-14-12-28(13-15-29)22(31)10-11-25(2,3)32/h4-11,16,30H,3,12-15H2,1-2H3;4-11,16,30,32H,12-15H2,1-3H3/b11-10-;11-10+. The Balaban J connectivity index is 0.000000194. The predicted molar refractivity (Wildman–Crippen MR) is 252 cm³/mol. The number of phenolic OH excluding ortho intramolecular Hbond substituents is 2. The number of carbonyl (C=O) groups excluding carboxylic acids is 3. The molecule has 0 atom stereocenters. The highest BCUT2D eigenvalue weighted by molar-refractivity contribution is 5.96. The van der Waals surface area contributed by atoms with Crippen LogP contribution in [0.2, 0.25) is 0 Å². The van der Waals surface area contributed by atoms with Crippen molar-refractivity contribution in [1.29, 1.82) is 0 Å². The minimum absolute atomic E-state index is 0.107. The number of aryl methyl sites for hydroxylation is 2. The minimum Gasteiger partial charge on any atom is -0.507 e. The van der Waals surface area contributed by atoms with Crippen molar-refractivity contribution in [3.05, 3.63) is 120 Å². The highest BCUT2D eigenvalue weighted by Crippen LogP contribution is 2.34. The summed E-state index contributed by atoms with van der Waals surface area (Å²) in [5.41, 5.74) is 3.94. The molecule has 2 fully saturated rings. The maximum Gasteiger partial charge on any atom is 0.330 e. The first kappa shape index (κ1) is 45.6. The van der Waals surface area contributed by atoms with Crippen molar-refractivity contribution in [2.45, 2.75) is 40.2 Å². The summed E-state index contributed by atoms with van der Waals surface area (Å²) in [4.78, 5) is 63.2. The lowest BCUT2D eigenvalue weighted by Gasteiger charge is -2.35. The summed E-state index contributed by atoms with van der Waals surface area (Å²) in [5.74, 6) is 1.91. The number of amides is 2. The highest BCUT2D eigenvalue weighted by atomic mass is 16.5. The first-order valence-corrected chi connectivity index (χ1v) is 21.6. The monoisotopic (exact) mass is 878 g/mol. The molecule has 3 N–H and O–H groups in total. The van der Waals surface area contributed by atoms with E-state index in [9.17, 15) is 29.7 Å². The van der Waals surface area contributed by atoms with Crippen LogP contribution in [0.25, 0.3) is 44.6 Å². The van der Waals surface area contributed by atoms with Gasteiger partial charge in [-0.3, -0.25) is 9.59 Å². The summed E-state index contributed by atoms with van der Waals surface area (Å²) >= 11 is 0. The first-order valence-electron chi connectivity index (χ1n) is 21.6. The zero-order valence-corrected chi connectivity index (χ0v) is 37.3. The van der Waals surface area contributed by atoms with Gasteiger partial charge in [-0.15, -0.1) is 0 Å². The average molecular weight is 879 g/mol. The van der Waals surface area contributed by atoms with Gasteiger partial charge in [0.05, 0.1) is 34.4 Å². The highest BCUT2D eigenvalue weighted by Gasteiger charge is 2.26. The van der Waals surface area contributed by atoms with Gasteiger partial charge < -0.3 is 39.7 Å². The number of ether oxygens (including phenoxy) is 1. The lowest BCUT2D eigenvalue weighted by molar-refractivity contribution is -0.137. The van der Waals surface area contributed by atoms with E-state index < -0.39 is 11.6 Å². The molecule has 2 aliphatic heterocycles. The van der Waals surface area contributed by atoms with Crippen molar-refractivity contribution >= 4 is 51.2 Å². The summed E-state index contributed by atoms with van der Waals surface area (Å²) in [5, 5.41) is 32.3. The van der Waals surface area contributed by atoms with E-state index in [0.717, 1.165) is 50.6 Å². The largest absolute Gasteiger partial charge is 0.507 e. The van der Waals surface area contributed by atoms with Gasteiger partial charge in [0.2, 0.25) is 11.8 Å². The zero-order valence-electron chi connectivity index (χ0n) is 37.3. The number of aromatic nitrogens is 4. The zero-order chi connectivity index (χ0) is 46.3. The summed E-state index contributed by atoms with van der Waals surface area (Å²) in [7, 11) is 0. The second-order valence-corrected chi connectivity index (χ2v) is 16.5. The van der Waals surface area contributed by atoms with Crippen LogP contribution in [0.3, 0.4) is 0 Å². The quantitative estimate of drug-likeness (QED) is 0.108. The van der Waals surface area contributed by atoms with Gasteiger partial charge in [0.25, 0.3) is 0 Å². The van der Waals surface area contributed by atoms with Crippen molar-refractivity contribution < 1.29 is 34.4 Å². The second kappa shape index (κ2) is 20.0.